The lowest BCUT2D eigenvalue weighted by molar-refractivity contribution is 0.102. The molecule has 2 aromatic heterocycles. The molecule has 0 amide bonds. The summed E-state index contributed by atoms with van der Waals surface area (Å²) < 4.78 is 11.5. The molecule has 4 rings (SSSR count). The number of ketones is 1. The van der Waals surface area contributed by atoms with Gasteiger partial charge in [0.2, 0.25) is 5.78 Å². The van der Waals surface area contributed by atoms with Crippen LogP contribution in [0.4, 0.5) is 0 Å². The first kappa shape index (κ1) is 18.1. The smallest absolute Gasteiger partial charge is 0.221 e. The normalized spacial score (nSPS) is 11.2. The van der Waals surface area contributed by atoms with E-state index in [1.807, 2.05) is 61.5 Å². The first-order valence-electron chi connectivity index (χ1n) is 8.84. The highest BCUT2D eigenvalue weighted by Gasteiger charge is 2.12. The highest BCUT2D eigenvalue weighted by Crippen LogP contribution is 2.29. The van der Waals surface area contributed by atoms with Crippen molar-refractivity contribution >= 4 is 23.5 Å². The number of benzene rings is 2. The summed E-state index contributed by atoms with van der Waals surface area (Å²) in [6, 6.07) is 22.5. The predicted octanol–water partition coefficient (Wildman–Crippen LogP) is 7.06. The Bertz CT molecular complexity index is 1150. The summed E-state index contributed by atoms with van der Waals surface area (Å²) in [6.45, 7) is 2.04. The zero-order valence-electron chi connectivity index (χ0n) is 15.2. The van der Waals surface area contributed by atoms with Crippen molar-refractivity contribution in [2.24, 2.45) is 0 Å². The molecule has 138 valence electrons. The molecule has 0 aliphatic rings. The van der Waals surface area contributed by atoms with Crippen LogP contribution < -0.4 is 0 Å². The van der Waals surface area contributed by atoms with Crippen LogP contribution in [0, 0.1) is 6.92 Å². The summed E-state index contributed by atoms with van der Waals surface area (Å²) >= 11 is 6.18. The SMILES string of the molecule is Cc1ccc(-c2ccc(/C=C/C(=O)c3ccc(-c4ccccc4Cl)o3)o2)cc1. The summed E-state index contributed by atoms with van der Waals surface area (Å²) in [6.07, 6.45) is 3.07. The van der Waals surface area contributed by atoms with Crippen molar-refractivity contribution in [1.29, 1.82) is 0 Å². The van der Waals surface area contributed by atoms with Crippen LogP contribution in [-0.2, 0) is 0 Å². The molecule has 0 spiro atoms. The van der Waals surface area contributed by atoms with Gasteiger partial charge >= 0.3 is 0 Å². The fraction of sp³-hybridized carbons (Fsp3) is 0.0417. The molecule has 0 aliphatic carbocycles. The van der Waals surface area contributed by atoms with Gasteiger partial charge in [0, 0.05) is 11.1 Å². The molecule has 0 aliphatic heterocycles. The monoisotopic (exact) mass is 388 g/mol. The number of halogens is 1. The van der Waals surface area contributed by atoms with Crippen LogP contribution in [0.2, 0.25) is 5.02 Å². The molecule has 2 aromatic carbocycles. The third-order valence-corrected chi connectivity index (χ3v) is 4.68. The minimum atomic E-state index is -0.244. The molecule has 3 nitrogen and oxygen atoms in total. The lowest BCUT2D eigenvalue weighted by Gasteiger charge is -1.99. The molecule has 0 N–H and O–H groups in total. The van der Waals surface area contributed by atoms with Crippen LogP contribution in [0.5, 0.6) is 0 Å². The molecular formula is C24H17ClO3. The summed E-state index contributed by atoms with van der Waals surface area (Å²) in [5, 5.41) is 0.575. The van der Waals surface area contributed by atoms with Crippen LogP contribution in [0.3, 0.4) is 0 Å². The highest BCUT2D eigenvalue weighted by molar-refractivity contribution is 6.33. The second-order valence-electron chi connectivity index (χ2n) is 6.41. The summed E-state index contributed by atoms with van der Waals surface area (Å²) in [5.41, 5.74) is 2.93. The van der Waals surface area contributed by atoms with Gasteiger partial charge in [-0.25, -0.2) is 0 Å². The van der Waals surface area contributed by atoms with Gasteiger partial charge in [0.1, 0.15) is 17.3 Å². The summed E-state index contributed by atoms with van der Waals surface area (Å²) in [7, 11) is 0. The molecule has 0 bridgehead atoms. The first-order chi connectivity index (χ1) is 13.6. The lowest BCUT2D eigenvalue weighted by Crippen LogP contribution is -1.90. The fourth-order valence-corrected chi connectivity index (χ4v) is 3.06. The summed E-state index contributed by atoms with van der Waals surface area (Å²) in [5.74, 6) is 1.91. The van der Waals surface area contributed by atoms with Crippen LogP contribution in [-0.4, -0.2) is 5.78 Å². The molecule has 4 heteroatoms. The van der Waals surface area contributed by atoms with Crippen LogP contribution >= 0.6 is 11.6 Å². The maximum absolute atomic E-state index is 12.4. The van der Waals surface area contributed by atoms with Crippen LogP contribution in [0.25, 0.3) is 28.7 Å². The van der Waals surface area contributed by atoms with Gasteiger partial charge in [-0.2, -0.15) is 0 Å². The number of hydrogen-bond acceptors (Lipinski definition) is 3. The Balaban J connectivity index is 1.49. The van der Waals surface area contributed by atoms with Gasteiger partial charge in [0.15, 0.2) is 5.76 Å². The Morgan fingerprint density at radius 2 is 1.61 bits per heavy atom. The molecular weight excluding hydrogens is 372 g/mol. The maximum Gasteiger partial charge on any atom is 0.221 e. The molecule has 0 saturated carbocycles. The zero-order chi connectivity index (χ0) is 19.5. The third-order valence-electron chi connectivity index (χ3n) is 4.35. The number of allylic oxidation sites excluding steroid dienone is 1. The van der Waals surface area contributed by atoms with Gasteiger partial charge < -0.3 is 8.83 Å². The average molecular weight is 389 g/mol. The van der Waals surface area contributed by atoms with Crippen molar-refractivity contribution in [3.05, 3.63) is 101 Å². The minimum Gasteiger partial charge on any atom is -0.457 e. The Hall–Kier alpha value is -3.30. The van der Waals surface area contributed by atoms with E-state index in [1.165, 1.54) is 11.6 Å². The van der Waals surface area contributed by atoms with E-state index in [4.69, 9.17) is 20.4 Å². The van der Waals surface area contributed by atoms with E-state index in [2.05, 4.69) is 0 Å². The van der Waals surface area contributed by atoms with Gasteiger partial charge in [0.25, 0.3) is 0 Å². The second kappa shape index (κ2) is 7.75. The topological polar surface area (TPSA) is 43.4 Å². The van der Waals surface area contributed by atoms with E-state index in [1.54, 1.807) is 24.3 Å². The fourth-order valence-electron chi connectivity index (χ4n) is 2.83. The van der Waals surface area contributed by atoms with E-state index >= 15 is 0 Å². The molecule has 0 atom stereocenters. The van der Waals surface area contributed by atoms with Crippen molar-refractivity contribution in [3.8, 4) is 22.6 Å². The number of carbonyl (C=O) groups excluding carboxylic acids is 1. The van der Waals surface area contributed by atoms with Crippen molar-refractivity contribution in [2.45, 2.75) is 6.92 Å². The Labute approximate surface area is 167 Å². The number of aryl methyl sites for hydroxylation is 1. The van der Waals surface area contributed by atoms with Gasteiger partial charge in [-0.3, -0.25) is 4.79 Å². The van der Waals surface area contributed by atoms with Gasteiger partial charge in [-0.15, -0.1) is 0 Å². The van der Waals surface area contributed by atoms with Crippen molar-refractivity contribution in [3.63, 3.8) is 0 Å². The van der Waals surface area contributed by atoms with Gasteiger partial charge in [-0.1, -0.05) is 53.6 Å². The molecule has 4 aromatic rings. The molecule has 28 heavy (non-hydrogen) atoms. The van der Waals surface area contributed by atoms with E-state index in [0.717, 1.165) is 16.9 Å². The van der Waals surface area contributed by atoms with Crippen LogP contribution in [0.15, 0.2) is 87.7 Å². The van der Waals surface area contributed by atoms with E-state index in [-0.39, 0.29) is 11.5 Å². The zero-order valence-corrected chi connectivity index (χ0v) is 15.9. The Kier molecular flexibility index (Phi) is 5.00. The second-order valence-corrected chi connectivity index (χ2v) is 6.82. The van der Waals surface area contributed by atoms with Crippen molar-refractivity contribution in [2.75, 3.05) is 0 Å². The minimum absolute atomic E-state index is 0.244. The van der Waals surface area contributed by atoms with Gasteiger partial charge in [-0.05, 0) is 55.5 Å². The number of carbonyl (C=O) groups is 1. The number of furan rings is 2. The van der Waals surface area contributed by atoms with Crippen LogP contribution in [0.1, 0.15) is 21.9 Å². The molecule has 2 heterocycles. The average Bonchev–Trinajstić information content (AvgIpc) is 3.37. The predicted molar refractivity (Wildman–Crippen MR) is 111 cm³/mol. The Morgan fingerprint density at radius 3 is 2.39 bits per heavy atom. The standard InChI is InChI=1S/C24H17ClO3/c1-16-6-8-17(9-7-16)22-13-11-18(27-22)10-12-21(26)24-15-14-23(28-24)19-4-2-3-5-20(19)25/h2-15H,1H3/b12-10+. The van der Waals surface area contributed by atoms with Gasteiger partial charge in [0.05, 0.1) is 5.02 Å². The lowest BCUT2D eigenvalue weighted by atomic mass is 10.1. The van der Waals surface area contributed by atoms with E-state index in [0.29, 0.717) is 16.5 Å². The molecule has 0 saturated heterocycles. The van der Waals surface area contributed by atoms with Crippen molar-refractivity contribution in [1.82, 2.24) is 0 Å². The number of rotatable bonds is 5. The quantitative estimate of drug-likeness (QED) is 0.271. The van der Waals surface area contributed by atoms with E-state index < -0.39 is 0 Å². The molecule has 0 unspecified atom stereocenters. The number of hydrogen-bond donors (Lipinski definition) is 0. The molecule has 0 radical (unpaired) electrons. The van der Waals surface area contributed by atoms with E-state index in [9.17, 15) is 4.79 Å². The largest absolute Gasteiger partial charge is 0.457 e. The maximum atomic E-state index is 12.4. The first-order valence-corrected chi connectivity index (χ1v) is 9.22. The summed E-state index contributed by atoms with van der Waals surface area (Å²) in [4.78, 5) is 12.4. The third kappa shape index (κ3) is 3.85. The highest BCUT2D eigenvalue weighted by atomic mass is 35.5. The Morgan fingerprint density at radius 1 is 0.857 bits per heavy atom. The molecule has 0 fully saturated rings. The van der Waals surface area contributed by atoms with Crippen molar-refractivity contribution < 1.29 is 13.6 Å².